The van der Waals surface area contributed by atoms with E-state index in [1.807, 2.05) is 0 Å². The van der Waals surface area contributed by atoms with Crippen LogP contribution in [-0.2, 0) is 16.6 Å². The largest absolute Gasteiger partial charge is 0.439 e. The maximum absolute atomic E-state index is 13.0. The van der Waals surface area contributed by atoms with E-state index < -0.39 is 33.2 Å². The molecule has 2 rings (SSSR count). The van der Waals surface area contributed by atoms with Gasteiger partial charge in [-0.1, -0.05) is 0 Å². The number of alkyl halides is 3. The minimum atomic E-state index is -5.18. The van der Waals surface area contributed by atoms with E-state index in [9.17, 15) is 26.7 Å². The number of sulfonamides is 1. The molecule has 0 saturated heterocycles. The van der Waals surface area contributed by atoms with Crippen molar-refractivity contribution in [2.24, 2.45) is 5.10 Å². The summed E-state index contributed by atoms with van der Waals surface area (Å²) in [6, 6.07) is 0. The normalized spacial score (nSPS) is 23.5. The van der Waals surface area contributed by atoms with E-state index in [1.165, 1.54) is 11.6 Å². The lowest BCUT2D eigenvalue weighted by Gasteiger charge is -2.32. The van der Waals surface area contributed by atoms with Gasteiger partial charge >= 0.3 is 6.18 Å². The van der Waals surface area contributed by atoms with Gasteiger partial charge in [0.2, 0.25) is 0 Å². The molecule has 0 fully saturated rings. The summed E-state index contributed by atoms with van der Waals surface area (Å²) in [5.41, 5.74) is -3.72. The highest BCUT2D eigenvalue weighted by Crippen LogP contribution is 2.42. The van der Waals surface area contributed by atoms with Crippen LogP contribution in [0.25, 0.3) is 0 Å². The van der Waals surface area contributed by atoms with E-state index in [-0.39, 0.29) is 10.1 Å². The highest BCUT2D eigenvalue weighted by Gasteiger charge is 2.64. The smallest absolute Gasteiger partial charge is 0.361 e. The van der Waals surface area contributed by atoms with Crippen LogP contribution in [0.3, 0.4) is 0 Å². The molecule has 0 aromatic carbocycles. The van der Waals surface area contributed by atoms with Gasteiger partial charge in [0.15, 0.2) is 0 Å². The molecule has 1 aliphatic rings. The fourth-order valence-electron chi connectivity index (χ4n) is 1.91. The van der Waals surface area contributed by atoms with E-state index in [4.69, 9.17) is 0 Å². The standard InChI is InChI=1S/C10H13F3N4O3S/c1-3-16-6-8(5-14-16)21(19,20)17-9(18,10(11,12)13)4-7(2)15-17/h5-6,18H,3-4H2,1-2H3/t9-/m1/s1. The third-order valence-corrected chi connectivity index (χ3v) is 4.64. The lowest BCUT2D eigenvalue weighted by Crippen LogP contribution is -2.56. The van der Waals surface area contributed by atoms with Gasteiger partial charge in [0.05, 0.1) is 6.20 Å². The first-order valence-electron chi connectivity index (χ1n) is 5.93. The molecule has 1 atom stereocenters. The molecule has 0 bridgehead atoms. The number of halogens is 3. The van der Waals surface area contributed by atoms with Gasteiger partial charge in [0.1, 0.15) is 4.90 Å². The number of aliphatic hydroxyl groups is 1. The van der Waals surface area contributed by atoms with Gasteiger partial charge in [-0.25, -0.2) is 0 Å². The zero-order valence-electron chi connectivity index (χ0n) is 11.2. The van der Waals surface area contributed by atoms with Crippen LogP contribution < -0.4 is 0 Å². The minimum absolute atomic E-state index is 0.138. The fourth-order valence-corrected chi connectivity index (χ4v) is 3.36. The molecular formula is C10H13F3N4O3S. The van der Waals surface area contributed by atoms with Crippen LogP contribution in [0.2, 0.25) is 0 Å². The number of hydrogen-bond donors (Lipinski definition) is 1. The number of hydrogen-bond acceptors (Lipinski definition) is 5. The average molecular weight is 326 g/mol. The molecule has 0 radical (unpaired) electrons. The molecule has 1 aliphatic heterocycles. The van der Waals surface area contributed by atoms with Gasteiger partial charge in [-0.15, -0.1) is 4.41 Å². The second-order valence-electron chi connectivity index (χ2n) is 4.61. The summed E-state index contributed by atoms with van der Waals surface area (Å²) in [6.07, 6.45) is -4.12. The summed E-state index contributed by atoms with van der Waals surface area (Å²) in [6.45, 7) is 3.25. The van der Waals surface area contributed by atoms with Gasteiger partial charge in [-0.3, -0.25) is 4.68 Å². The number of nitrogens with zero attached hydrogens (tertiary/aromatic N) is 4. The van der Waals surface area contributed by atoms with Crippen molar-refractivity contribution in [3.63, 3.8) is 0 Å². The molecule has 11 heteroatoms. The van der Waals surface area contributed by atoms with Crippen LogP contribution in [0, 0.1) is 0 Å². The molecule has 0 aliphatic carbocycles. The number of aryl methyl sites for hydroxylation is 1. The molecule has 0 amide bonds. The Morgan fingerprint density at radius 1 is 1.48 bits per heavy atom. The van der Waals surface area contributed by atoms with E-state index in [1.54, 1.807) is 6.92 Å². The van der Waals surface area contributed by atoms with Crippen LogP contribution in [0.15, 0.2) is 22.4 Å². The summed E-state index contributed by atoms with van der Waals surface area (Å²) in [5, 5.41) is 16.8. The monoisotopic (exact) mass is 326 g/mol. The maximum atomic E-state index is 13.0. The SMILES string of the molecule is CCn1cc(S(=O)(=O)N2N=C(C)C[C@@]2(O)C(F)(F)F)cn1. The number of aromatic nitrogens is 2. The summed E-state index contributed by atoms with van der Waals surface area (Å²) in [5.74, 6) is 0. The Labute approximate surface area is 118 Å². The van der Waals surface area contributed by atoms with Crippen LogP contribution in [0.1, 0.15) is 20.3 Å². The van der Waals surface area contributed by atoms with E-state index in [0.29, 0.717) is 6.54 Å². The zero-order valence-corrected chi connectivity index (χ0v) is 12.0. The first-order chi connectivity index (χ1) is 9.52. The summed E-state index contributed by atoms with van der Waals surface area (Å²) in [4.78, 5) is -0.467. The summed E-state index contributed by atoms with van der Waals surface area (Å²) in [7, 11) is -4.66. The van der Waals surface area contributed by atoms with Gasteiger partial charge < -0.3 is 5.11 Å². The fraction of sp³-hybridized carbons (Fsp3) is 0.600. The molecule has 0 spiro atoms. The second-order valence-corrected chi connectivity index (χ2v) is 6.37. The molecule has 1 aromatic rings. The highest BCUT2D eigenvalue weighted by atomic mass is 32.2. The molecule has 21 heavy (non-hydrogen) atoms. The van der Waals surface area contributed by atoms with Gasteiger partial charge in [-0.2, -0.15) is 31.8 Å². The predicted molar refractivity (Wildman–Crippen MR) is 65.7 cm³/mol. The molecular weight excluding hydrogens is 313 g/mol. The number of hydrazone groups is 1. The topological polar surface area (TPSA) is 87.8 Å². The Bertz CT molecular complexity index is 682. The molecule has 0 saturated carbocycles. The van der Waals surface area contributed by atoms with E-state index >= 15 is 0 Å². The van der Waals surface area contributed by atoms with Gasteiger partial charge in [-0.05, 0) is 13.8 Å². The molecule has 118 valence electrons. The van der Waals surface area contributed by atoms with Crippen molar-refractivity contribution in [3.05, 3.63) is 12.4 Å². The first kappa shape index (κ1) is 15.8. The molecule has 7 nitrogen and oxygen atoms in total. The molecule has 0 unspecified atom stereocenters. The average Bonchev–Trinajstić information content (AvgIpc) is 2.93. The van der Waals surface area contributed by atoms with Crippen LogP contribution in [0.5, 0.6) is 0 Å². The Morgan fingerprint density at radius 3 is 2.57 bits per heavy atom. The predicted octanol–water partition coefficient (Wildman–Crippen LogP) is 0.924. The van der Waals surface area contributed by atoms with Gasteiger partial charge in [0.25, 0.3) is 15.7 Å². The minimum Gasteiger partial charge on any atom is -0.361 e. The molecule has 2 heterocycles. The van der Waals surface area contributed by atoms with Crippen LogP contribution in [0.4, 0.5) is 13.2 Å². The van der Waals surface area contributed by atoms with Crippen LogP contribution >= 0.6 is 0 Å². The second kappa shape index (κ2) is 4.70. The summed E-state index contributed by atoms with van der Waals surface area (Å²) >= 11 is 0. The van der Waals surface area contributed by atoms with Crippen molar-refractivity contribution in [2.45, 2.75) is 43.6 Å². The Kier molecular flexibility index (Phi) is 3.53. The van der Waals surface area contributed by atoms with Crippen molar-refractivity contribution in [3.8, 4) is 0 Å². The molecule has 1 aromatic heterocycles. The van der Waals surface area contributed by atoms with Gasteiger partial charge in [0, 0.05) is 24.9 Å². The Hall–Kier alpha value is -1.62. The summed E-state index contributed by atoms with van der Waals surface area (Å²) < 4.78 is 64.6. The Morgan fingerprint density at radius 2 is 2.10 bits per heavy atom. The lowest BCUT2D eigenvalue weighted by atomic mass is 10.1. The lowest BCUT2D eigenvalue weighted by molar-refractivity contribution is -0.291. The van der Waals surface area contributed by atoms with Crippen molar-refractivity contribution >= 4 is 15.7 Å². The van der Waals surface area contributed by atoms with Crippen molar-refractivity contribution in [1.29, 1.82) is 0 Å². The number of rotatable bonds is 3. The van der Waals surface area contributed by atoms with Crippen molar-refractivity contribution in [1.82, 2.24) is 14.2 Å². The zero-order chi connectivity index (χ0) is 16.1. The third kappa shape index (κ3) is 2.39. The van der Waals surface area contributed by atoms with Crippen LogP contribution in [-0.4, -0.2) is 45.3 Å². The molecule has 1 N–H and O–H groups in total. The van der Waals surface area contributed by atoms with E-state index in [0.717, 1.165) is 12.4 Å². The maximum Gasteiger partial charge on any atom is 0.439 e. The Balaban J connectivity index is 2.51. The van der Waals surface area contributed by atoms with Crippen molar-refractivity contribution in [2.75, 3.05) is 0 Å². The van der Waals surface area contributed by atoms with E-state index in [2.05, 4.69) is 10.2 Å². The van der Waals surface area contributed by atoms with Crippen molar-refractivity contribution < 1.29 is 26.7 Å². The third-order valence-electron chi connectivity index (χ3n) is 2.99. The highest BCUT2D eigenvalue weighted by molar-refractivity contribution is 7.89. The quantitative estimate of drug-likeness (QED) is 0.895. The first-order valence-corrected chi connectivity index (χ1v) is 7.37.